The van der Waals surface area contributed by atoms with E-state index in [4.69, 9.17) is 0 Å². The van der Waals surface area contributed by atoms with Crippen molar-refractivity contribution in [2.75, 3.05) is 0 Å². The molecule has 0 saturated heterocycles. The highest BCUT2D eigenvalue weighted by atomic mass is 15.5. The molecule has 0 saturated carbocycles. The van der Waals surface area contributed by atoms with E-state index in [0.717, 1.165) is 72.7 Å². The Morgan fingerprint density at radius 1 is 1.00 bits per heavy atom. The average molecular weight is 403 g/mol. The third kappa shape index (κ3) is 4.42. The SMILES string of the molecule is CCCCc1nc(CC)nn1CCc1ccc(-c2ccccc2-c2nn[nH]n2)cn1. The number of aromatic nitrogens is 8. The fourth-order valence-electron chi connectivity index (χ4n) is 3.43. The van der Waals surface area contributed by atoms with Crippen LogP contribution in [0.2, 0.25) is 0 Å². The quantitative estimate of drug-likeness (QED) is 0.459. The second-order valence-electron chi connectivity index (χ2n) is 7.19. The van der Waals surface area contributed by atoms with Gasteiger partial charge in [-0.05, 0) is 23.3 Å². The van der Waals surface area contributed by atoms with E-state index < -0.39 is 0 Å². The number of pyridine rings is 1. The van der Waals surface area contributed by atoms with Gasteiger partial charge in [0, 0.05) is 48.8 Å². The van der Waals surface area contributed by atoms with E-state index in [-0.39, 0.29) is 0 Å². The monoisotopic (exact) mass is 402 g/mol. The molecule has 0 unspecified atom stereocenters. The van der Waals surface area contributed by atoms with Gasteiger partial charge in [-0.1, -0.05) is 50.6 Å². The molecule has 4 rings (SSSR count). The molecule has 8 nitrogen and oxygen atoms in total. The van der Waals surface area contributed by atoms with Gasteiger partial charge in [-0.2, -0.15) is 10.3 Å². The highest BCUT2D eigenvalue weighted by Gasteiger charge is 2.12. The topological polar surface area (TPSA) is 98.1 Å². The lowest BCUT2D eigenvalue weighted by atomic mass is 10.0. The number of nitrogens with one attached hydrogen (secondary N) is 1. The van der Waals surface area contributed by atoms with E-state index in [9.17, 15) is 0 Å². The van der Waals surface area contributed by atoms with Gasteiger partial charge in [-0.25, -0.2) is 9.67 Å². The van der Waals surface area contributed by atoms with E-state index in [1.54, 1.807) is 0 Å². The Morgan fingerprint density at radius 3 is 2.57 bits per heavy atom. The standard InChI is InChI=1S/C22H26N8/c1-3-5-10-21-24-20(4-2)27-30(21)14-13-17-12-11-16(15-23-17)18-8-6-7-9-19(18)22-25-28-29-26-22/h6-9,11-12,15H,3-5,10,13-14H2,1-2H3,(H,25,26,28,29). The van der Waals surface area contributed by atoms with Crippen LogP contribution in [0.5, 0.6) is 0 Å². The molecule has 4 aromatic rings. The highest BCUT2D eigenvalue weighted by molar-refractivity contribution is 5.79. The lowest BCUT2D eigenvalue weighted by molar-refractivity contribution is 0.561. The maximum Gasteiger partial charge on any atom is 0.205 e. The predicted octanol–water partition coefficient (Wildman–Crippen LogP) is 3.67. The molecule has 1 N–H and O–H groups in total. The fourth-order valence-corrected chi connectivity index (χ4v) is 3.43. The summed E-state index contributed by atoms with van der Waals surface area (Å²) in [6.07, 6.45) is 6.85. The molecule has 0 aliphatic carbocycles. The van der Waals surface area contributed by atoms with Gasteiger partial charge in [0.15, 0.2) is 5.82 Å². The number of benzene rings is 1. The lowest BCUT2D eigenvalue weighted by Gasteiger charge is -2.08. The highest BCUT2D eigenvalue weighted by Crippen LogP contribution is 2.29. The molecule has 3 heterocycles. The Morgan fingerprint density at radius 2 is 1.87 bits per heavy atom. The van der Waals surface area contributed by atoms with Crippen molar-refractivity contribution in [1.29, 1.82) is 0 Å². The maximum absolute atomic E-state index is 4.69. The molecule has 0 aliphatic rings. The number of rotatable bonds is 9. The van der Waals surface area contributed by atoms with Crippen LogP contribution in [0.15, 0.2) is 42.6 Å². The minimum atomic E-state index is 0.576. The third-order valence-electron chi connectivity index (χ3n) is 5.09. The molecule has 0 aliphatic heterocycles. The molecule has 0 spiro atoms. The predicted molar refractivity (Wildman–Crippen MR) is 115 cm³/mol. The van der Waals surface area contributed by atoms with Crippen LogP contribution in [0.1, 0.15) is 44.0 Å². The normalized spacial score (nSPS) is 11.1. The van der Waals surface area contributed by atoms with Crippen molar-refractivity contribution in [3.63, 3.8) is 0 Å². The first kappa shape index (κ1) is 19.9. The minimum Gasteiger partial charge on any atom is -0.261 e. The van der Waals surface area contributed by atoms with Crippen molar-refractivity contribution in [1.82, 2.24) is 40.4 Å². The Balaban J connectivity index is 1.49. The van der Waals surface area contributed by atoms with Crippen molar-refractivity contribution < 1.29 is 0 Å². The maximum atomic E-state index is 4.69. The van der Waals surface area contributed by atoms with Crippen LogP contribution in [-0.2, 0) is 25.8 Å². The Bertz CT molecular complexity index is 1070. The molecule has 154 valence electrons. The number of tetrazole rings is 1. The number of unbranched alkanes of at least 4 members (excludes halogenated alkanes) is 1. The van der Waals surface area contributed by atoms with E-state index in [0.29, 0.717) is 5.82 Å². The summed E-state index contributed by atoms with van der Waals surface area (Å²) in [6.45, 7) is 5.08. The smallest absolute Gasteiger partial charge is 0.205 e. The summed E-state index contributed by atoms with van der Waals surface area (Å²) in [5, 5.41) is 19.1. The minimum absolute atomic E-state index is 0.576. The molecule has 8 heteroatoms. The number of aromatic amines is 1. The first-order valence-corrected chi connectivity index (χ1v) is 10.5. The van der Waals surface area contributed by atoms with Gasteiger partial charge in [0.2, 0.25) is 5.82 Å². The van der Waals surface area contributed by atoms with Gasteiger partial charge in [-0.15, -0.1) is 10.2 Å². The molecule has 1 aromatic carbocycles. The van der Waals surface area contributed by atoms with E-state index in [1.807, 2.05) is 30.5 Å². The molecule has 0 atom stereocenters. The van der Waals surface area contributed by atoms with E-state index >= 15 is 0 Å². The van der Waals surface area contributed by atoms with Crippen LogP contribution in [0, 0.1) is 0 Å². The van der Waals surface area contributed by atoms with Crippen molar-refractivity contribution >= 4 is 0 Å². The fraction of sp³-hybridized carbons (Fsp3) is 0.364. The van der Waals surface area contributed by atoms with Gasteiger partial charge in [0.25, 0.3) is 0 Å². The lowest BCUT2D eigenvalue weighted by Crippen LogP contribution is -2.09. The summed E-state index contributed by atoms with van der Waals surface area (Å²) >= 11 is 0. The summed E-state index contributed by atoms with van der Waals surface area (Å²) in [7, 11) is 0. The van der Waals surface area contributed by atoms with Crippen LogP contribution in [0.4, 0.5) is 0 Å². The third-order valence-corrected chi connectivity index (χ3v) is 5.09. The Hall–Kier alpha value is -3.42. The number of hydrogen-bond acceptors (Lipinski definition) is 6. The largest absolute Gasteiger partial charge is 0.261 e. The zero-order chi connectivity index (χ0) is 20.8. The summed E-state index contributed by atoms with van der Waals surface area (Å²) in [5.74, 6) is 2.58. The molecule has 3 aromatic heterocycles. The number of hydrogen-bond donors (Lipinski definition) is 1. The molecule has 0 bridgehead atoms. The molecule has 0 radical (unpaired) electrons. The van der Waals surface area contributed by atoms with Gasteiger partial charge in [-0.3, -0.25) is 4.98 Å². The Labute approximate surface area is 175 Å². The summed E-state index contributed by atoms with van der Waals surface area (Å²) in [4.78, 5) is 9.36. The molecular weight excluding hydrogens is 376 g/mol. The average Bonchev–Trinajstić information content (AvgIpc) is 3.47. The van der Waals surface area contributed by atoms with Crippen molar-refractivity contribution in [2.45, 2.75) is 52.5 Å². The molecular formula is C22H26N8. The number of aryl methyl sites for hydroxylation is 4. The summed E-state index contributed by atoms with van der Waals surface area (Å²) in [5.41, 5.74) is 4.02. The van der Waals surface area contributed by atoms with Crippen LogP contribution >= 0.6 is 0 Å². The van der Waals surface area contributed by atoms with E-state index in [1.165, 1.54) is 0 Å². The van der Waals surface area contributed by atoms with Crippen LogP contribution in [-0.4, -0.2) is 40.4 Å². The van der Waals surface area contributed by atoms with Crippen LogP contribution in [0.25, 0.3) is 22.5 Å². The number of H-pyrrole nitrogens is 1. The van der Waals surface area contributed by atoms with E-state index in [2.05, 4.69) is 66.4 Å². The second kappa shape index (κ2) is 9.39. The first-order valence-electron chi connectivity index (χ1n) is 10.5. The number of nitrogens with zero attached hydrogens (tertiary/aromatic N) is 7. The van der Waals surface area contributed by atoms with Crippen LogP contribution in [0.3, 0.4) is 0 Å². The summed E-state index contributed by atoms with van der Waals surface area (Å²) < 4.78 is 2.05. The zero-order valence-corrected chi connectivity index (χ0v) is 17.4. The van der Waals surface area contributed by atoms with Crippen molar-refractivity contribution in [2.24, 2.45) is 0 Å². The van der Waals surface area contributed by atoms with Gasteiger partial charge in [0.1, 0.15) is 5.82 Å². The van der Waals surface area contributed by atoms with Crippen molar-refractivity contribution in [3.8, 4) is 22.5 Å². The molecule has 0 fully saturated rings. The molecule has 30 heavy (non-hydrogen) atoms. The van der Waals surface area contributed by atoms with Gasteiger partial charge in [0.05, 0.1) is 0 Å². The summed E-state index contributed by atoms with van der Waals surface area (Å²) in [6, 6.07) is 12.2. The van der Waals surface area contributed by atoms with Gasteiger partial charge >= 0.3 is 0 Å². The van der Waals surface area contributed by atoms with Crippen LogP contribution < -0.4 is 0 Å². The molecule has 0 amide bonds. The van der Waals surface area contributed by atoms with Crippen molar-refractivity contribution in [3.05, 3.63) is 59.9 Å². The van der Waals surface area contributed by atoms with Gasteiger partial charge < -0.3 is 0 Å². The first-order chi connectivity index (χ1) is 14.8. The second-order valence-corrected chi connectivity index (χ2v) is 7.19. The zero-order valence-electron chi connectivity index (χ0n) is 17.4. The Kier molecular flexibility index (Phi) is 6.22.